The molecule has 1 fully saturated rings. The largest absolute Gasteiger partial charge is 0.378 e. The molecular formula is C9H19NO. The van der Waals surface area contributed by atoms with E-state index in [1.54, 1.807) is 0 Å². The van der Waals surface area contributed by atoms with Crippen molar-refractivity contribution in [2.24, 2.45) is 5.41 Å². The lowest BCUT2D eigenvalue weighted by atomic mass is 9.84. The molecule has 0 radical (unpaired) electrons. The van der Waals surface area contributed by atoms with Crippen LogP contribution in [0.3, 0.4) is 0 Å². The van der Waals surface area contributed by atoms with Crippen LogP contribution >= 0.6 is 0 Å². The highest BCUT2D eigenvalue weighted by atomic mass is 16.5. The van der Waals surface area contributed by atoms with E-state index in [-0.39, 0.29) is 0 Å². The maximum Gasteiger partial charge on any atom is 0.0613 e. The summed E-state index contributed by atoms with van der Waals surface area (Å²) < 4.78 is 5.53. The monoisotopic (exact) mass is 157 g/mol. The van der Waals surface area contributed by atoms with Gasteiger partial charge in [0.05, 0.1) is 6.10 Å². The van der Waals surface area contributed by atoms with E-state index in [1.165, 1.54) is 6.42 Å². The van der Waals surface area contributed by atoms with Crippen LogP contribution in [0.1, 0.15) is 27.2 Å². The average molecular weight is 157 g/mol. The highest BCUT2D eigenvalue weighted by Gasteiger charge is 2.36. The van der Waals surface area contributed by atoms with E-state index in [0.717, 1.165) is 19.7 Å². The van der Waals surface area contributed by atoms with Crippen molar-refractivity contribution < 1.29 is 4.74 Å². The first-order chi connectivity index (χ1) is 5.19. The molecule has 0 bridgehead atoms. The number of rotatable bonds is 3. The van der Waals surface area contributed by atoms with Gasteiger partial charge in [0.25, 0.3) is 0 Å². The molecule has 1 saturated heterocycles. The summed E-state index contributed by atoms with van der Waals surface area (Å²) in [5, 5.41) is 3.38. The Morgan fingerprint density at radius 2 is 2.36 bits per heavy atom. The number of hydrogen-bond donors (Lipinski definition) is 1. The third-order valence-electron chi connectivity index (χ3n) is 2.80. The van der Waals surface area contributed by atoms with Crippen LogP contribution in [-0.2, 0) is 4.74 Å². The third kappa shape index (κ3) is 1.94. The summed E-state index contributed by atoms with van der Waals surface area (Å²) in [5.41, 5.74) is 0.371. The zero-order valence-electron chi connectivity index (χ0n) is 7.81. The molecule has 0 aromatic rings. The average Bonchev–Trinajstić information content (AvgIpc) is 2.30. The van der Waals surface area contributed by atoms with Crippen LogP contribution < -0.4 is 5.32 Å². The van der Waals surface area contributed by atoms with Gasteiger partial charge in [0.2, 0.25) is 0 Å². The van der Waals surface area contributed by atoms with Crippen LogP contribution in [-0.4, -0.2) is 25.8 Å². The van der Waals surface area contributed by atoms with Crippen LogP contribution in [0.5, 0.6) is 0 Å². The standard InChI is InChI=1S/C9H19NO/c1-4-10-7-9(3)5-6-11-8(9)2/h8,10H,4-7H2,1-3H3. The van der Waals surface area contributed by atoms with Gasteiger partial charge in [-0.1, -0.05) is 13.8 Å². The molecule has 2 nitrogen and oxygen atoms in total. The van der Waals surface area contributed by atoms with Crippen LogP contribution in [0.25, 0.3) is 0 Å². The lowest BCUT2D eigenvalue weighted by Crippen LogP contribution is -2.36. The molecule has 66 valence electrons. The normalized spacial score (nSPS) is 37.9. The van der Waals surface area contributed by atoms with E-state index in [0.29, 0.717) is 11.5 Å². The number of nitrogens with one attached hydrogen (secondary N) is 1. The fraction of sp³-hybridized carbons (Fsp3) is 1.00. The Kier molecular flexibility index (Phi) is 2.90. The lowest BCUT2D eigenvalue weighted by Gasteiger charge is -2.27. The molecule has 1 rings (SSSR count). The smallest absolute Gasteiger partial charge is 0.0613 e. The molecule has 0 saturated carbocycles. The Morgan fingerprint density at radius 1 is 1.64 bits per heavy atom. The highest BCUT2D eigenvalue weighted by molar-refractivity contribution is 4.87. The minimum Gasteiger partial charge on any atom is -0.378 e. The third-order valence-corrected chi connectivity index (χ3v) is 2.80. The SMILES string of the molecule is CCNCC1(C)CCOC1C. The molecule has 2 unspecified atom stereocenters. The summed E-state index contributed by atoms with van der Waals surface area (Å²) in [7, 11) is 0. The summed E-state index contributed by atoms with van der Waals surface area (Å²) >= 11 is 0. The Morgan fingerprint density at radius 3 is 2.82 bits per heavy atom. The van der Waals surface area contributed by atoms with Crippen molar-refractivity contribution in [1.82, 2.24) is 5.32 Å². The summed E-state index contributed by atoms with van der Waals surface area (Å²) in [6.45, 7) is 9.69. The van der Waals surface area contributed by atoms with E-state index in [9.17, 15) is 0 Å². The van der Waals surface area contributed by atoms with Crippen LogP contribution in [0, 0.1) is 5.41 Å². The fourth-order valence-electron chi connectivity index (χ4n) is 1.52. The van der Waals surface area contributed by atoms with E-state index >= 15 is 0 Å². The molecule has 0 aromatic carbocycles. The van der Waals surface area contributed by atoms with Gasteiger partial charge in [-0.25, -0.2) is 0 Å². The molecule has 0 aromatic heterocycles. The van der Waals surface area contributed by atoms with Gasteiger partial charge in [-0.05, 0) is 19.9 Å². The summed E-state index contributed by atoms with van der Waals surface area (Å²) in [4.78, 5) is 0. The van der Waals surface area contributed by atoms with Crippen molar-refractivity contribution in [3.63, 3.8) is 0 Å². The van der Waals surface area contributed by atoms with Crippen molar-refractivity contribution in [2.75, 3.05) is 19.7 Å². The second-order valence-electron chi connectivity index (χ2n) is 3.70. The van der Waals surface area contributed by atoms with E-state index in [2.05, 4.69) is 26.1 Å². The second kappa shape index (κ2) is 3.55. The maximum atomic E-state index is 5.53. The van der Waals surface area contributed by atoms with Crippen molar-refractivity contribution in [3.05, 3.63) is 0 Å². The minimum absolute atomic E-state index is 0.371. The number of ether oxygens (including phenoxy) is 1. The first-order valence-corrected chi connectivity index (χ1v) is 4.51. The quantitative estimate of drug-likeness (QED) is 0.669. The van der Waals surface area contributed by atoms with Crippen molar-refractivity contribution in [1.29, 1.82) is 0 Å². The first kappa shape index (κ1) is 9.01. The van der Waals surface area contributed by atoms with Crippen molar-refractivity contribution in [2.45, 2.75) is 33.3 Å². The van der Waals surface area contributed by atoms with E-state index in [1.807, 2.05) is 0 Å². The van der Waals surface area contributed by atoms with Gasteiger partial charge >= 0.3 is 0 Å². The van der Waals surface area contributed by atoms with Gasteiger partial charge in [-0.15, -0.1) is 0 Å². The topological polar surface area (TPSA) is 21.3 Å². The molecule has 1 aliphatic heterocycles. The van der Waals surface area contributed by atoms with Crippen LogP contribution in [0.4, 0.5) is 0 Å². The maximum absolute atomic E-state index is 5.53. The Bertz CT molecular complexity index is 127. The molecule has 0 amide bonds. The zero-order valence-corrected chi connectivity index (χ0v) is 7.81. The molecule has 1 aliphatic rings. The molecule has 2 atom stereocenters. The highest BCUT2D eigenvalue weighted by Crippen LogP contribution is 2.33. The predicted molar refractivity (Wildman–Crippen MR) is 46.7 cm³/mol. The number of hydrogen-bond acceptors (Lipinski definition) is 2. The fourth-order valence-corrected chi connectivity index (χ4v) is 1.52. The van der Waals surface area contributed by atoms with Gasteiger partial charge in [0, 0.05) is 18.6 Å². The molecule has 0 aliphatic carbocycles. The van der Waals surface area contributed by atoms with Gasteiger partial charge in [-0.2, -0.15) is 0 Å². The molecule has 2 heteroatoms. The molecular weight excluding hydrogens is 138 g/mol. The van der Waals surface area contributed by atoms with Gasteiger partial charge < -0.3 is 10.1 Å². The molecule has 11 heavy (non-hydrogen) atoms. The van der Waals surface area contributed by atoms with Crippen LogP contribution in [0.15, 0.2) is 0 Å². The predicted octanol–water partition coefficient (Wildman–Crippen LogP) is 1.41. The molecule has 0 spiro atoms. The summed E-state index contributed by atoms with van der Waals surface area (Å²) in [6.07, 6.45) is 1.61. The Balaban J connectivity index is 2.38. The van der Waals surface area contributed by atoms with Gasteiger partial charge in [0.1, 0.15) is 0 Å². The van der Waals surface area contributed by atoms with Gasteiger partial charge in [-0.3, -0.25) is 0 Å². The minimum atomic E-state index is 0.371. The van der Waals surface area contributed by atoms with E-state index < -0.39 is 0 Å². The Labute approximate surface area is 69.3 Å². The zero-order chi connectivity index (χ0) is 8.32. The summed E-state index contributed by atoms with van der Waals surface area (Å²) in [6, 6.07) is 0. The van der Waals surface area contributed by atoms with Gasteiger partial charge in [0.15, 0.2) is 0 Å². The first-order valence-electron chi connectivity index (χ1n) is 4.51. The molecule has 1 heterocycles. The summed E-state index contributed by atoms with van der Waals surface area (Å²) in [5.74, 6) is 0. The Hall–Kier alpha value is -0.0800. The lowest BCUT2D eigenvalue weighted by molar-refractivity contribution is 0.0720. The van der Waals surface area contributed by atoms with Crippen LogP contribution in [0.2, 0.25) is 0 Å². The van der Waals surface area contributed by atoms with E-state index in [4.69, 9.17) is 4.74 Å². The van der Waals surface area contributed by atoms with Crippen molar-refractivity contribution >= 4 is 0 Å². The van der Waals surface area contributed by atoms with Crippen molar-refractivity contribution in [3.8, 4) is 0 Å². The molecule has 1 N–H and O–H groups in total. The second-order valence-corrected chi connectivity index (χ2v) is 3.70.